The summed E-state index contributed by atoms with van der Waals surface area (Å²) in [7, 11) is 1.91. The molecule has 0 radical (unpaired) electrons. The molecule has 0 aliphatic carbocycles. The van der Waals surface area contributed by atoms with Crippen LogP contribution in [0.25, 0.3) is 0 Å². The highest BCUT2D eigenvalue weighted by molar-refractivity contribution is 6.30. The highest BCUT2D eigenvalue weighted by atomic mass is 35.5. The molecule has 0 amide bonds. The van der Waals surface area contributed by atoms with E-state index in [-0.39, 0.29) is 0 Å². The molecule has 0 atom stereocenters. The number of ether oxygens (including phenoxy) is 1. The van der Waals surface area contributed by atoms with Crippen molar-refractivity contribution in [2.45, 2.75) is 32.7 Å². The predicted molar refractivity (Wildman–Crippen MR) is 89.3 cm³/mol. The normalized spacial score (nSPS) is 10.6. The number of unbranched alkanes of at least 4 members (excludes halogenated alkanes) is 1. The monoisotopic (exact) mass is 303 g/mol. The Morgan fingerprint density at radius 2 is 1.86 bits per heavy atom. The Morgan fingerprint density at radius 3 is 2.52 bits per heavy atom. The third-order valence-electron chi connectivity index (χ3n) is 3.36. The van der Waals surface area contributed by atoms with E-state index in [4.69, 9.17) is 16.3 Å². The summed E-state index contributed by atoms with van der Waals surface area (Å²) in [5.41, 5.74) is 2.41. The second-order valence-electron chi connectivity index (χ2n) is 5.13. The molecular weight excluding hydrogens is 282 g/mol. The van der Waals surface area contributed by atoms with Crippen LogP contribution in [0.4, 0.5) is 0 Å². The van der Waals surface area contributed by atoms with Gasteiger partial charge in [0.05, 0.1) is 0 Å². The molecule has 0 spiro atoms. The Kier molecular flexibility index (Phi) is 6.09. The first-order valence-corrected chi connectivity index (χ1v) is 7.80. The summed E-state index contributed by atoms with van der Waals surface area (Å²) in [4.78, 5) is 0. The fourth-order valence-corrected chi connectivity index (χ4v) is 2.40. The number of aryl methyl sites for hydroxylation is 1. The van der Waals surface area contributed by atoms with Crippen molar-refractivity contribution < 1.29 is 4.74 Å². The van der Waals surface area contributed by atoms with Crippen molar-refractivity contribution in [2.24, 2.45) is 0 Å². The Bertz CT molecular complexity index is 566. The van der Waals surface area contributed by atoms with Gasteiger partial charge in [0.1, 0.15) is 11.5 Å². The minimum Gasteiger partial charge on any atom is -0.457 e. The van der Waals surface area contributed by atoms with Crippen LogP contribution < -0.4 is 10.1 Å². The molecule has 2 aromatic rings. The molecule has 2 aromatic carbocycles. The van der Waals surface area contributed by atoms with E-state index in [1.165, 1.54) is 18.4 Å². The molecule has 0 bridgehead atoms. The molecule has 0 saturated carbocycles. The lowest BCUT2D eigenvalue weighted by Gasteiger charge is -2.12. The average molecular weight is 304 g/mol. The Morgan fingerprint density at radius 1 is 1.10 bits per heavy atom. The quantitative estimate of drug-likeness (QED) is 0.759. The summed E-state index contributed by atoms with van der Waals surface area (Å²) in [6.45, 7) is 2.94. The van der Waals surface area contributed by atoms with E-state index >= 15 is 0 Å². The van der Waals surface area contributed by atoms with E-state index in [0.29, 0.717) is 0 Å². The van der Waals surface area contributed by atoms with Crippen LogP contribution in [0, 0.1) is 0 Å². The highest BCUT2D eigenvalue weighted by Crippen LogP contribution is 2.28. The van der Waals surface area contributed by atoms with Crippen molar-refractivity contribution in [2.75, 3.05) is 7.05 Å². The van der Waals surface area contributed by atoms with Gasteiger partial charge in [-0.1, -0.05) is 37.1 Å². The van der Waals surface area contributed by atoms with Gasteiger partial charge in [-0.3, -0.25) is 0 Å². The summed E-state index contributed by atoms with van der Waals surface area (Å²) in [5, 5.41) is 3.86. The van der Waals surface area contributed by atoms with Crippen LogP contribution in [-0.4, -0.2) is 7.05 Å². The van der Waals surface area contributed by atoms with E-state index in [0.717, 1.165) is 35.1 Å². The van der Waals surface area contributed by atoms with Gasteiger partial charge in [0.15, 0.2) is 0 Å². The van der Waals surface area contributed by atoms with Crippen LogP contribution in [0.5, 0.6) is 11.5 Å². The lowest BCUT2D eigenvalue weighted by atomic mass is 10.1. The maximum atomic E-state index is 6.04. The molecule has 0 heterocycles. The van der Waals surface area contributed by atoms with E-state index in [1.54, 1.807) is 0 Å². The molecule has 21 heavy (non-hydrogen) atoms. The SMILES string of the molecule is CCCCc1ccc(Oc2ccc(Cl)cc2CNC)cc1. The van der Waals surface area contributed by atoms with Gasteiger partial charge in [0, 0.05) is 17.1 Å². The van der Waals surface area contributed by atoms with E-state index in [1.807, 2.05) is 37.4 Å². The molecule has 0 aliphatic heterocycles. The third-order valence-corrected chi connectivity index (χ3v) is 3.60. The van der Waals surface area contributed by atoms with Crippen LogP contribution in [0.15, 0.2) is 42.5 Å². The van der Waals surface area contributed by atoms with Crippen molar-refractivity contribution in [1.82, 2.24) is 5.32 Å². The van der Waals surface area contributed by atoms with Gasteiger partial charge in [-0.15, -0.1) is 0 Å². The van der Waals surface area contributed by atoms with Gasteiger partial charge in [0.25, 0.3) is 0 Å². The van der Waals surface area contributed by atoms with Crippen molar-refractivity contribution in [1.29, 1.82) is 0 Å². The molecular formula is C18H22ClNO. The summed E-state index contributed by atoms with van der Waals surface area (Å²) in [6, 6.07) is 14.0. The van der Waals surface area contributed by atoms with E-state index < -0.39 is 0 Å². The topological polar surface area (TPSA) is 21.3 Å². The van der Waals surface area contributed by atoms with Crippen molar-refractivity contribution in [3.63, 3.8) is 0 Å². The van der Waals surface area contributed by atoms with Crippen LogP contribution in [0.2, 0.25) is 5.02 Å². The third kappa shape index (κ3) is 4.76. The summed E-state index contributed by atoms with van der Waals surface area (Å²) in [5.74, 6) is 1.70. The van der Waals surface area contributed by atoms with Gasteiger partial charge in [-0.2, -0.15) is 0 Å². The first kappa shape index (κ1) is 15.9. The van der Waals surface area contributed by atoms with Gasteiger partial charge in [-0.05, 0) is 55.8 Å². The number of benzene rings is 2. The first-order valence-electron chi connectivity index (χ1n) is 7.42. The largest absolute Gasteiger partial charge is 0.457 e. The zero-order chi connectivity index (χ0) is 15.1. The predicted octanol–water partition coefficient (Wildman–Crippen LogP) is 5.19. The molecule has 3 heteroatoms. The van der Waals surface area contributed by atoms with E-state index in [9.17, 15) is 0 Å². The average Bonchev–Trinajstić information content (AvgIpc) is 2.49. The zero-order valence-electron chi connectivity index (χ0n) is 12.7. The minimum atomic E-state index is 0.725. The fraction of sp³-hybridized carbons (Fsp3) is 0.333. The molecule has 0 aliphatic rings. The second kappa shape index (κ2) is 8.06. The summed E-state index contributed by atoms with van der Waals surface area (Å²) < 4.78 is 5.98. The maximum absolute atomic E-state index is 6.04. The van der Waals surface area contributed by atoms with Crippen LogP contribution in [-0.2, 0) is 13.0 Å². The maximum Gasteiger partial charge on any atom is 0.132 e. The lowest BCUT2D eigenvalue weighted by molar-refractivity contribution is 0.474. The molecule has 0 fully saturated rings. The fourth-order valence-electron chi connectivity index (χ4n) is 2.21. The number of rotatable bonds is 7. The molecule has 0 saturated heterocycles. The molecule has 1 N–H and O–H groups in total. The molecule has 0 aromatic heterocycles. The molecule has 2 rings (SSSR count). The van der Waals surface area contributed by atoms with Gasteiger partial charge < -0.3 is 10.1 Å². The van der Waals surface area contributed by atoms with Gasteiger partial charge in [0.2, 0.25) is 0 Å². The molecule has 2 nitrogen and oxygen atoms in total. The Balaban J connectivity index is 2.10. The summed E-state index contributed by atoms with van der Waals surface area (Å²) in [6.07, 6.45) is 3.57. The van der Waals surface area contributed by atoms with Gasteiger partial charge in [-0.25, -0.2) is 0 Å². The van der Waals surface area contributed by atoms with Crippen LogP contribution in [0.1, 0.15) is 30.9 Å². The Labute approximate surface area is 132 Å². The molecule has 112 valence electrons. The minimum absolute atomic E-state index is 0.725. The Hall–Kier alpha value is -1.51. The standard InChI is InChI=1S/C18H22ClNO/c1-3-4-5-14-6-9-17(10-7-14)21-18-11-8-16(19)12-15(18)13-20-2/h6-12,20H,3-5,13H2,1-2H3. The summed E-state index contributed by atoms with van der Waals surface area (Å²) >= 11 is 6.04. The number of hydrogen-bond donors (Lipinski definition) is 1. The van der Waals surface area contributed by atoms with Crippen molar-refractivity contribution >= 4 is 11.6 Å². The van der Waals surface area contributed by atoms with Crippen LogP contribution in [0.3, 0.4) is 0 Å². The second-order valence-corrected chi connectivity index (χ2v) is 5.57. The van der Waals surface area contributed by atoms with E-state index in [2.05, 4.69) is 24.4 Å². The van der Waals surface area contributed by atoms with Gasteiger partial charge >= 0.3 is 0 Å². The molecule has 0 unspecified atom stereocenters. The van der Waals surface area contributed by atoms with Crippen molar-refractivity contribution in [3.8, 4) is 11.5 Å². The smallest absolute Gasteiger partial charge is 0.132 e. The first-order chi connectivity index (χ1) is 10.2. The number of halogens is 1. The van der Waals surface area contributed by atoms with Crippen molar-refractivity contribution in [3.05, 3.63) is 58.6 Å². The number of hydrogen-bond acceptors (Lipinski definition) is 2. The zero-order valence-corrected chi connectivity index (χ0v) is 13.4. The highest BCUT2D eigenvalue weighted by Gasteiger charge is 2.05. The van der Waals surface area contributed by atoms with Crippen LogP contribution >= 0.6 is 11.6 Å². The lowest BCUT2D eigenvalue weighted by Crippen LogP contribution is -2.06. The number of nitrogens with one attached hydrogen (secondary N) is 1.